The first kappa shape index (κ1) is 21.8. The lowest BCUT2D eigenvalue weighted by Gasteiger charge is -2.24. The molecular formula is C25H22BrN3O3. The lowest BCUT2D eigenvalue weighted by Crippen LogP contribution is -2.44. The summed E-state index contributed by atoms with van der Waals surface area (Å²) in [5.74, 6) is -0.900. The van der Waals surface area contributed by atoms with Crippen molar-refractivity contribution >= 4 is 33.8 Å². The quantitative estimate of drug-likeness (QED) is 0.509. The van der Waals surface area contributed by atoms with Crippen LogP contribution in [0, 0.1) is 0 Å². The van der Waals surface area contributed by atoms with Gasteiger partial charge in [0.15, 0.2) is 0 Å². The highest BCUT2D eigenvalue weighted by atomic mass is 79.9. The molecule has 0 radical (unpaired) electrons. The molecule has 0 aliphatic carbocycles. The van der Waals surface area contributed by atoms with Crippen molar-refractivity contribution in [2.45, 2.75) is 18.5 Å². The van der Waals surface area contributed by atoms with Crippen LogP contribution in [-0.4, -0.2) is 29.3 Å². The molecule has 3 aromatic rings. The smallest absolute Gasteiger partial charge is 0.325 e. The number of carbonyl (C=O) groups excluding carboxylic acids is 3. The Morgan fingerprint density at radius 1 is 0.938 bits per heavy atom. The van der Waals surface area contributed by atoms with E-state index in [1.807, 2.05) is 66.7 Å². The second-order valence-electron chi connectivity index (χ2n) is 7.75. The van der Waals surface area contributed by atoms with Gasteiger partial charge in [0, 0.05) is 10.0 Å². The highest BCUT2D eigenvalue weighted by molar-refractivity contribution is 9.10. The summed E-state index contributed by atoms with van der Waals surface area (Å²) in [4.78, 5) is 39.8. The number of hydrogen-bond donors (Lipinski definition) is 2. The Morgan fingerprint density at radius 3 is 2.03 bits per heavy atom. The Labute approximate surface area is 194 Å². The molecule has 2 N–H and O–H groups in total. The monoisotopic (exact) mass is 491 g/mol. The summed E-state index contributed by atoms with van der Waals surface area (Å²) in [7, 11) is 0. The predicted octanol–water partition coefficient (Wildman–Crippen LogP) is 4.12. The van der Waals surface area contributed by atoms with Crippen LogP contribution in [0.1, 0.15) is 29.7 Å². The average molecular weight is 492 g/mol. The van der Waals surface area contributed by atoms with Crippen LogP contribution in [0.3, 0.4) is 0 Å². The van der Waals surface area contributed by atoms with Crippen LogP contribution in [0.5, 0.6) is 0 Å². The number of carbonyl (C=O) groups is 3. The van der Waals surface area contributed by atoms with Crippen LogP contribution < -0.4 is 10.6 Å². The second-order valence-corrected chi connectivity index (χ2v) is 8.60. The Bertz CT molecular complexity index is 1110. The van der Waals surface area contributed by atoms with Gasteiger partial charge in [-0.3, -0.25) is 14.5 Å². The van der Waals surface area contributed by atoms with Gasteiger partial charge in [0.1, 0.15) is 12.1 Å². The van der Waals surface area contributed by atoms with Gasteiger partial charge in [-0.05, 0) is 24.1 Å². The van der Waals surface area contributed by atoms with Gasteiger partial charge in [0.25, 0.3) is 5.91 Å². The molecule has 7 heteroatoms. The number of rotatable bonds is 6. The second kappa shape index (κ2) is 8.96. The maximum atomic E-state index is 13.2. The summed E-state index contributed by atoms with van der Waals surface area (Å²) in [5, 5.41) is 5.71. The summed E-state index contributed by atoms with van der Waals surface area (Å²) in [6.45, 7) is 1.27. The molecule has 1 atom stereocenters. The minimum absolute atomic E-state index is 0.374. The number of nitrogens with zero attached hydrogens (tertiary/aromatic N) is 1. The fourth-order valence-electron chi connectivity index (χ4n) is 3.89. The van der Waals surface area contributed by atoms with Gasteiger partial charge in [-0.2, -0.15) is 0 Å². The molecule has 3 aromatic carbocycles. The third-order valence-electron chi connectivity index (χ3n) is 5.56. The predicted molar refractivity (Wildman–Crippen MR) is 125 cm³/mol. The zero-order valence-electron chi connectivity index (χ0n) is 17.4. The molecule has 1 saturated heterocycles. The molecule has 1 heterocycles. The van der Waals surface area contributed by atoms with E-state index >= 15 is 0 Å². The van der Waals surface area contributed by atoms with E-state index in [1.165, 1.54) is 0 Å². The summed E-state index contributed by atoms with van der Waals surface area (Å²) in [6.07, 6.45) is 0. The van der Waals surface area contributed by atoms with E-state index in [4.69, 9.17) is 0 Å². The van der Waals surface area contributed by atoms with Crippen molar-refractivity contribution in [3.05, 3.63) is 106 Å². The average Bonchev–Trinajstić information content (AvgIpc) is 3.02. The summed E-state index contributed by atoms with van der Waals surface area (Å²) in [6, 6.07) is 25.3. The highest BCUT2D eigenvalue weighted by Gasteiger charge is 2.50. The molecule has 0 bridgehead atoms. The molecule has 6 nitrogen and oxygen atoms in total. The maximum Gasteiger partial charge on any atom is 0.325 e. The van der Waals surface area contributed by atoms with Gasteiger partial charge in [-0.15, -0.1) is 0 Å². The fourth-order valence-corrected chi connectivity index (χ4v) is 4.57. The minimum Gasteiger partial charge on any atom is -0.344 e. The Kier molecular flexibility index (Phi) is 6.10. The van der Waals surface area contributed by atoms with Crippen molar-refractivity contribution in [2.75, 3.05) is 6.54 Å². The lowest BCUT2D eigenvalue weighted by molar-refractivity contribution is -0.135. The summed E-state index contributed by atoms with van der Waals surface area (Å²) >= 11 is 3.44. The van der Waals surface area contributed by atoms with E-state index in [0.29, 0.717) is 10.0 Å². The van der Waals surface area contributed by atoms with E-state index in [1.54, 1.807) is 25.1 Å². The topological polar surface area (TPSA) is 78.5 Å². The van der Waals surface area contributed by atoms with Crippen molar-refractivity contribution in [1.82, 2.24) is 15.5 Å². The number of imide groups is 1. The SMILES string of the molecule is C[C@]1(c2ccccc2Br)NC(=O)N(CC(=O)NC(c2ccccc2)c2ccccc2)C1=O. The van der Waals surface area contributed by atoms with Crippen molar-refractivity contribution < 1.29 is 14.4 Å². The van der Waals surface area contributed by atoms with Crippen molar-refractivity contribution in [3.63, 3.8) is 0 Å². The number of amides is 4. The van der Waals surface area contributed by atoms with Crippen LogP contribution >= 0.6 is 15.9 Å². The zero-order chi connectivity index (χ0) is 22.7. The maximum absolute atomic E-state index is 13.2. The van der Waals surface area contributed by atoms with Crippen LogP contribution in [0.15, 0.2) is 89.4 Å². The van der Waals surface area contributed by atoms with Gasteiger partial charge >= 0.3 is 6.03 Å². The van der Waals surface area contributed by atoms with E-state index < -0.39 is 29.4 Å². The van der Waals surface area contributed by atoms with Crippen LogP contribution in [0.2, 0.25) is 0 Å². The molecule has 0 aromatic heterocycles. The fraction of sp³-hybridized carbons (Fsp3) is 0.160. The molecule has 162 valence electrons. The van der Waals surface area contributed by atoms with Crippen LogP contribution in [0.25, 0.3) is 0 Å². The molecule has 1 aliphatic heterocycles. The first-order valence-corrected chi connectivity index (χ1v) is 11.0. The van der Waals surface area contributed by atoms with Crippen LogP contribution in [-0.2, 0) is 15.1 Å². The number of urea groups is 1. The summed E-state index contributed by atoms with van der Waals surface area (Å²) in [5.41, 5.74) is 1.19. The molecule has 1 fully saturated rings. The Hall–Kier alpha value is -3.45. The van der Waals surface area contributed by atoms with Crippen molar-refractivity contribution in [1.29, 1.82) is 0 Å². The van der Waals surface area contributed by atoms with Gasteiger partial charge in [-0.1, -0.05) is 94.8 Å². The number of benzene rings is 3. The number of halogens is 1. The molecule has 0 saturated carbocycles. The minimum atomic E-state index is -1.25. The van der Waals surface area contributed by atoms with Gasteiger partial charge in [-0.25, -0.2) is 4.79 Å². The van der Waals surface area contributed by atoms with Crippen LogP contribution in [0.4, 0.5) is 4.79 Å². The Morgan fingerprint density at radius 2 is 1.47 bits per heavy atom. The first-order valence-electron chi connectivity index (χ1n) is 10.2. The zero-order valence-corrected chi connectivity index (χ0v) is 19.0. The third kappa shape index (κ3) is 4.16. The first-order chi connectivity index (χ1) is 15.4. The molecular weight excluding hydrogens is 470 g/mol. The van der Waals surface area contributed by atoms with Gasteiger partial charge < -0.3 is 10.6 Å². The van der Waals surface area contributed by atoms with Crippen molar-refractivity contribution in [2.24, 2.45) is 0 Å². The molecule has 4 amide bonds. The normalized spacial score (nSPS) is 18.0. The molecule has 4 rings (SSSR count). The number of hydrogen-bond acceptors (Lipinski definition) is 3. The number of nitrogens with one attached hydrogen (secondary N) is 2. The van der Waals surface area contributed by atoms with E-state index in [2.05, 4.69) is 26.6 Å². The molecule has 32 heavy (non-hydrogen) atoms. The highest BCUT2D eigenvalue weighted by Crippen LogP contribution is 2.33. The van der Waals surface area contributed by atoms with E-state index in [0.717, 1.165) is 16.0 Å². The standard InChI is InChI=1S/C25H22BrN3O3/c1-25(19-14-8-9-15-20(19)26)23(31)29(24(32)28-25)16-21(30)27-22(17-10-4-2-5-11-17)18-12-6-3-7-13-18/h2-15,22H,16H2,1H3,(H,27,30)(H,28,32)/t25-/m1/s1. The summed E-state index contributed by atoms with van der Waals surface area (Å²) < 4.78 is 0.704. The molecule has 0 spiro atoms. The molecule has 1 aliphatic rings. The van der Waals surface area contributed by atoms with Gasteiger partial charge in [0.2, 0.25) is 5.91 Å². The van der Waals surface area contributed by atoms with E-state index in [-0.39, 0.29) is 6.54 Å². The largest absolute Gasteiger partial charge is 0.344 e. The van der Waals surface area contributed by atoms with E-state index in [9.17, 15) is 14.4 Å². The van der Waals surface area contributed by atoms with Crippen molar-refractivity contribution in [3.8, 4) is 0 Å². The molecule has 0 unspecified atom stereocenters. The third-order valence-corrected chi connectivity index (χ3v) is 6.25. The lowest BCUT2D eigenvalue weighted by atomic mass is 9.92. The Balaban J connectivity index is 1.55. The van der Waals surface area contributed by atoms with Gasteiger partial charge in [0.05, 0.1) is 6.04 Å².